The SMILES string of the molecule is O=C(O)c1ccc(COCCOCc2ccc(C(=O)O)cc2)cc1. The van der Waals surface area contributed by atoms with Crippen molar-refractivity contribution in [2.45, 2.75) is 13.2 Å². The molecule has 0 aliphatic rings. The Kier molecular flexibility index (Phi) is 6.48. The zero-order valence-electron chi connectivity index (χ0n) is 13.0. The van der Waals surface area contributed by atoms with Gasteiger partial charge in [-0.25, -0.2) is 9.59 Å². The summed E-state index contributed by atoms with van der Waals surface area (Å²) >= 11 is 0. The number of ether oxygens (including phenoxy) is 2. The summed E-state index contributed by atoms with van der Waals surface area (Å²) in [5, 5.41) is 17.6. The van der Waals surface area contributed by atoms with Crippen LogP contribution in [-0.2, 0) is 22.7 Å². The zero-order chi connectivity index (χ0) is 17.4. The number of hydrogen-bond acceptors (Lipinski definition) is 4. The maximum Gasteiger partial charge on any atom is 0.335 e. The summed E-state index contributed by atoms with van der Waals surface area (Å²) in [7, 11) is 0. The van der Waals surface area contributed by atoms with Gasteiger partial charge in [0.05, 0.1) is 37.6 Å². The molecule has 0 aromatic heterocycles. The van der Waals surface area contributed by atoms with E-state index in [-0.39, 0.29) is 11.1 Å². The lowest BCUT2D eigenvalue weighted by molar-refractivity contribution is 0.0338. The number of hydrogen-bond donors (Lipinski definition) is 2. The minimum absolute atomic E-state index is 0.246. The number of rotatable bonds is 9. The van der Waals surface area contributed by atoms with Crippen molar-refractivity contribution >= 4 is 11.9 Å². The summed E-state index contributed by atoms with van der Waals surface area (Å²) in [6.07, 6.45) is 0. The van der Waals surface area contributed by atoms with Gasteiger partial charge in [-0.3, -0.25) is 0 Å². The van der Waals surface area contributed by atoms with E-state index in [0.717, 1.165) is 11.1 Å². The van der Waals surface area contributed by atoms with Crippen LogP contribution < -0.4 is 0 Å². The van der Waals surface area contributed by atoms with E-state index in [2.05, 4.69) is 0 Å². The zero-order valence-corrected chi connectivity index (χ0v) is 13.0. The van der Waals surface area contributed by atoms with E-state index in [4.69, 9.17) is 19.7 Å². The molecular formula is C18H18O6. The lowest BCUT2D eigenvalue weighted by Crippen LogP contribution is -2.05. The first-order valence-electron chi connectivity index (χ1n) is 7.36. The van der Waals surface area contributed by atoms with E-state index < -0.39 is 11.9 Å². The van der Waals surface area contributed by atoms with Crippen LogP contribution in [0, 0.1) is 0 Å². The highest BCUT2D eigenvalue weighted by Crippen LogP contribution is 2.07. The number of carboxylic acid groups (broad SMARTS) is 2. The summed E-state index contributed by atoms with van der Waals surface area (Å²) in [4.78, 5) is 21.5. The molecule has 0 aliphatic heterocycles. The molecule has 2 rings (SSSR count). The lowest BCUT2D eigenvalue weighted by Gasteiger charge is -2.07. The van der Waals surface area contributed by atoms with Crippen molar-refractivity contribution in [3.05, 3.63) is 70.8 Å². The Morgan fingerprint density at radius 1 is 0.667 bits per heavy atom. The van der Waals surface area contributed by atoms with Crippen LogP contribution in [0.5, 0.6) is 0 Å². The predicted octanol–water partition coefficient (Wildman–Crippen LogP) is 2.82. The number of aromatic carboxylic acids is 2. The molecule has 0 unspecified atom stereocenters. The number of carbonyl (C=O) groups is 2. The van der Waals surface area contributed by atoms with Crippen LogP contribution in [0.25, 0.3) is 0 Å². The molecule has 0 bridgehead atoms. The molecule has 24 heavy (non-hydrogen) atoms. The van der Waals surface area contributed by atoms with Crippen molar-refractivity contribution < 1.29 is 29.3 Å². The van der Waals surface area contributed by atoms with Crippen molar-refractivity contribution in [1.29, 1.82) is 0 Å². The number of benzene rings is 2. The molecule has 0 heterocycles. The van der Waals surface area contributed by atoms with Gasteiger partial charge in [-0.05, 0) is 35.4 Å². The number of carboxylic acids is 2. The van der Waals surface area contributed by atoms with Gasteiger partial charge in [-0.15, -0.1) is 0 Å². The van der Waals surface area contributed by atoms with Crippen LogP contribution in [0.1, 0.15) is 31.8 Å². The molecule has 0 radical (unpaired) electrons. The second-order valence-electron chi connectivity index (χ2n) is 5.11. The van der Waals surface area contributed by atoms with Gasteiger partial charge >= 0.3 is 11.9 Å². The molecule has 0 saturated carbocycles. The minimum atomic E-state index is -0.952. The van der Waals surface area contributed by atoms with E-state index in [1.54, 1.807) is 24.3 Å². The molecule has 0 aliphatic carbocycles. The molecule has 2 N–H and O–H groups in total. The van der Waals surface area contributed by atoms with Crippen molar-refractivity contribution in [1.82, 2.24) is 0 Å². The summed E-state index contributed by atoms with van der Waals surface area (Å²) in [6, 6.07) is 13.0. The van der Waals surface area contributed by atoms with Crippen molar-refractivity contribution in [2.24, 2.45) is 0 Å². The van der Waals surface area contributed by atoms with E-state index in [1.807, 2.05) is 0 Å². The maximum absolute atomic E-state index is 10.7. The average molecular weight is 330 g/mol. The van der Waals surface area contributed by atoms with E-state index >= 15 is 0 Å². The molecule has 0 spiro atoms. The summed E-state index contributed by atoms with van der Waals surface area (Å²) in [6.45, 7) is 1.59. The van der Waals surface area contributed by atoms with Gasteiger partial charge in [-0.1, -0.05) is 24.3 Å². The highest BCUT2D eigenvalue weighted by Gasteiger charge is 2.03. The first kappa shape index (κ1) is 17.7. The molecule has 0 fully saturated rings. The topological polar surface area (TPSA) is 93.1 Å². The summed E-state index contributed by atoms with van der Waals surface area (Å²) in [5.74, 6) is -1.90. The van der Waals surface area contributed by atoms with Crippen LogP contribution in [0.2, 0.25) is 0 Å². The first-order valence-corrected chi connectivity index (χ1v) is 7.36. The molecule has 0 saturated heterocycles. The molecular weight excluding hydrogens is 312 g/mol. The second-order valence-corrected chi connectivity index (χ2v) is 5.11. The molecule has 126 valence electrons. The molecule has 0 amide bonds. The van der Waals surface area contributed by atoms with Gasteiger partial charge < -0.3 is 19.7 Å². The largest absolute Gasteiger partial charge is 0.478 e. The van der Waals surface area contributed by atoms with Gasteiger partial charge in [0, 0.05) is 0 Å². The van der Waals surface area contributed by atoms with Gasteiger partial charge in [0.25, 0.3) is 0 Å². The molecule has 2 aromatic rings. The Balaban J connectivity index is 1.62. The third-order valence-corrected chi connectivity index (χ3v) is 3.31. The quantitative estimate of drug-likeness (QED) is 0.687. The highest BCUT2D eigenvalue weighted by molar-refractivity contribution is 5.87. The van der Waals surface area contributed by atoms with Crippen molar-refractivity contribution in [3.63, 3.8) is 0 Å². The Morgan fingerprint density at radius 2 is 1.00 bits per heavy atom. The smallest absolute Gasteiger partial charge is 0.335 e. The predicted molar refractivity (Wildman–Crippen MR) is 86.1 cm³/mol. The van der Waals surface area contributed by atoms with Crippen LogP contribution in [0.3, 0.4) is 0 Å². The maximum atomic E-state index is 10.7. The molecule has 6 nitrogen and oxygen atoms in total. The Morgan fingerprint density at radius 3 is 1.29 bits per heavy atom. The van der Waals surface area contributed by atoms with Crippen LogP contribution >= 0.6 is 0 Å². The Labute approximate surface area is 139 Å². The van der Waals surface area contributed by atoms with Gasteiger partial charge in [0.2, 0.25) is 0 Å². The van der Waals surface area contributed by atoms with E-state index in [1.165, 1.54) is 24.3 Å². The third-order valence-electron chi connectivity index (χ3n) is 3.31. The second kappa shape index (κ2) is 8.81. The van der Waals surface area contributed by atoms with Crippen LogP contribution in [0.4, 0.5) is 0 Å². The molecule has 6 heteroatoms. The molecule has 0 atom stereocenters. The minimum Gasteiger partial charge on any atom is -0.478 e. The van der Waals surface area contributed by atoms with Crippen LogP contribution in [-0.4, -0.2) is 35.4 Å². The van der Waals surface area contributed by atoms with Gasteiger partial charge in [0.1, 0.15) is 0 Å². The van der Waals surface area contributed by atoms with Crippen molar-refractivity contribution in [3.8, 4) is 0 Å². The fourth-order valence-electron chi connectivity index (χ4n) is 1.98. The van der Waals surface area contributed by atoms with E-state index in [0.29, 0.717) is 26.4 Å². The fourth-order valence-corrected chi connectivity index (χ4v) is 1.98. The fraction of sp³-hybridized carbons (Fsp3) is 0.222. The van der Waals surface area contributed by atoms with E-state index in [9.17, 15) is 9.59 Å². The monoisotopic (exact) mass is 330 g/mol. The van der Waals surface area contributed by atoms with Crippen molar-refractivity contribution in [2.75, 3.05) is 13.2 Å². The first-order chi connectivity index (χ1) is 11.6. The summed E-state index contributed by atoms with van der Waals surface area (Å²) < 4.78 is 10.9. The summed E-state index contributed by atoms with van der Waals surface area (Å²) in [5.41, 5.74) is 2.28. The lowest BCUT2D eigenvalue weighted by atomic mass is 10.1. The highest BCUT2D eigenvalue weighted by atomic mass is 16.5. The van der Waals surface area contributed by atoms with Gasteiger partial charge in [0.15, 0.2) is 0 Å². The van der Waals surface area contributed by atoms with Crippen LogP contribution in [0.15, 0.2) is 48.5 Å². The standard InChI is InChI=1S/C18H18O6/c19-17(20)15-5-1-13(2-6-15)11-23-9-10-24-12-14-3-7-16(8-4-14)18(21)22/h1-8H,9-12H2,(H,19,20)(H,21,22). The Bertz CT molecular complexity index is 614. The van der Waals surface area contributed by atoms with Gasteiger partial charge in [-0.2, -0.15) is 0 Å². The third kappa shape index (κ3) is 5.49. The normalized spacial score (nSPS) is 10.5. The average Bonchev–Trinajstić information content (AvgIpc) is 2.58. The Hall–Kier alpha value is -2.70. The molecule has 2 aromatic carbocycles.